The highest BCUT2D eigenvalue weighted by Crippen LogP contribution is 2.76. The summed E-state index contributed by atoms with van der Waals surface area (Å²) < 4.78 is 13.3. The monoisotopic (exact) mass is 371 g/mol. The number of imide groups is 1. The average molecular weight is 371 g/mol. The Morgan fingerprint density at radius 3 is 1.71 bits per heavy atom. The molecule has 2 atom stereocenters. The third-order valence-corrected chi connectivity index (χ3v) is 6.40. The molecule has 0 N–H and O–H groups in total. The van der Waals surface area contributed by atoms with Gasteiger partial charge in [-0.3, -0.25) is 9.59 Å². The minimum absolute atomic E-state index is 0.230. The number of nitrogens with zero attached hydrogens (tertiary/aromatic N) is 1. The SMILES string of the molecule is C[C@@]12C(=O)N(c3ccc(F)cc3)C(=O)[C@H]1C2(c1ccccc1)c1ccccc1. The fourth-order valence-electron chi connectivity index (χ4n) is 5.14. The lowest BCUT2D eigenvalue weighted by Gasteiger charge is -2.29. The molecular formula is C24H18FNO2. The zero-order valence-electron chi connectivity index (χ0n) is 15.3. The standard InChI is InChI=1S/C24H18FNO2/c1-23-20(21(27)26(22(23)28)19-14-12-18(25)13-15-19)24(23,16-8-4-2-5-9-16)17-10-6-3-7-11-17/h2-15,20H,1H3/t20-,23+/m1/s1. The predicted molar refractivity (Wildman–Crippen MR) is 104 cm³/mol. The number of amides is 2. The van der Waals surface area contributed by atoms with E-state index in [1.807, 2.05) is 67.6 Å². The van der Waals surface area contributed by atoms with E-state index in [-0.39, 0.29) is 11.8 Å². The number of anilines is 1. The summed E-state index contributed by atoms with van der Waals surface area (Å²) >= 11 is 0. The molecule has 5 rings (SSSR count). The van der Waals surface area contributed by atoms with E-state index < -0.39 is 22.6 Å². The van der Waals surface area contributed by atoms with E-state index in [2.05, 4.69) is 0 Å². The highest BCUT2D eigenvalue weighted by Gasteiger charge is 2.86. The van der Waals surface area contributed by atoms with Crippen molar-refractivity contribution in [2.24, 2.45) is 11.3 Å². The van der Waals surface area contributed by atoms with Crippen molar-refractivity contribution in [2.45, 2.75) is 12.3 Å². The Bertz CT molecular complexity index is 1040. The van der Waals surface area contributed by atoms with Gasteiger partial charge in [0.1, 0.15) is 5.82 Å². The number of piperidine rings is 1. The van der Waals surface area contributed by atoms with E-state index >= 15 is 0 Å². The summed E-state index contributed by atoms with van der Waals surface area (Å²) in [6, 6.07) is 25.0. The third kappa shape index (κ3) is 1.87. The summed E-state index contributed by atoms with van der Waals surface area (Å²) in [5.41, 5.74) is 0.796. The van der Waals surface area contributed by atoms with E-state index in [1.54, 1.807) is 0 Å². The molecule has 3 aromatic rings. The maximum Gasteiger partial charge on any atom is 0.241 e. The number of benzene rings is 3. The van der Waals surface area contributed by atoms with Crippen LogP contribution in [0.3, 0.4) is 0 Å². The van der Waals surface area contributed by atoms with Gasteiger partial charge in [0.2, 0.25) is 11.8 Å². The molecule has 3 nitrogen and oxygen atoms in total. The Hall–Kier alpha value is -3.27. The first-order valence-corrected chi connectivity index (χ1v) is 9.28. The minimum atomic E-state index is -0.874. The number of rotatable bonds is 3. The molecular weight excluding hydrogens is 353 g/mol. The molecule has 2 fully saturated rings. The minimum Gasteiger partial charge on any atom is -0.274 e. The maximum atomic E-state index is 13.5. The van der Waals surface area contributed by atoms with Crippen molar-refractivity contribution in [2.75, 3.05) is 4.90 Å². The second-order valence-electron chi connectivity index (χ2n) is 7.63. The van der Waals surface area contributed by atoms with Gasteiger partial charge in [0, 0.05) is 5.41 Å². The fraction of sp³-hybridized carbons (Fsp3) is 0.167. The van der Waals surface area contributed by atoms with Gasteiger partial charge < -0.3 is 0 Å². The second kappa shape index (κ2) is 5.61. The second-order valence-corrected chi connectivity index (χ2v) is 7.63. The van der Waals surface area contributed by atoms with E-state index in [0.29, 0.717) is 5.69 Å². The Kier molecular flexibility index (Phi) is 3.38. The summed E-state index contributed by atoms with van der Waals surface area (Å²) in [5, 5.41) is 0. The van der Waals surface area contributed by atoms with Crippen LogP contribution in [0.1, 0.15) is 18.1 Å². The molecule has 1 saturated heterocycles. The predicted octanol–water partition coefficient (Wildman–Crippen LogP) is 4.32. The molecule has 2 amide bonds. The van der Waals surface area contributed by atoms with Gasteiger partial charge in [-0.05, 0) is 42.3 Å². The van der Waals surface area contributed by atoms with E-state index in [0.717, 1.165) is 11.1 Å². The Morgan fingerprint density at radius 1 is 0.786 bits per heavy atom. The van der Waals surface area contributed by atoms with Crippen molar-refractivity contribution < 1.29 is 14.0 Å². The highest BCUT2D eigenvalue weighted by atomic mass is 19.1. The molecule has 3 aromatic carbocycles. The van der Waals surface area contributed by atoms with E-state index in [1.165, 1.54) is 29.2 Å². The van der Waals surface area contributed by atoms with Crippen LogP contribution in [0.4, 0.5) is 10.1 Å². The van der Waals surface area contributed by atoms with Gasteiger partial charge in [-0.2, -0.15) is 0 Å². The molecule has 0 radical (unpaired) electrons. The lowest BCUT2D eigenvalue weighted by Crippen LogP contribution is -2.42. The van der Waals surface area contributed by atoms with Crippen LogP contribution in [-0.2, 0) is 15.0 Å². The average Bonchev–Trinajstić information content (AvgIpc) is 3.26. The van der Waals surface area contributed by atoms with Gasteiger partial charge >= 0.3 is 0 Å². The molecule has 2 aliphatic rings. The molecule has 0 unspecified atom stereocenters. The smallest absolute Gasteiger partial charge is 0.241 e. The summed E-state index contributed by atoms with van der Waals surface area (Å²) in [6.07, 6.45) is 0. The van der Waals surface area contributed by atoms with Crippen LogP contribution < -0.4 is 4.90 Å². The van der Waals surface area contributed by atoms with Gasteiger partial charge in [-0.15, -0.1) is 0 Å². The van der Waals surface area contributed by atoms with Gasteiger partial charge in [-0.1, -0.05) is 60.7 Å². The fourth-order valence-corrected chi connectivity index (χ4v) is 5.14. The molecule has 4 heteroatoms. The highest BCUT2D eigenvalue weighted by molar-refractivity contribution is 6.29. The first-order valence-electron chi connectivity index (χ1n) is 9.28. The number of hydrogen-bond acceptors (Lipinski definition) is 2. The molecule has 28 heavy (non-hydrogen) atoms. The van der Waals surface area contributed by atoms with Crippen molar-refractivity contribution in [3.05, 3.63) is 102 Å². The first kappa shape index (κ1) is 16.9. The lowest BCUT2D eigenvalue weighted by atomic mass is 9.79. The number of carbonyl (C=O) groups is 2. The third-order valence-electron chi connectivity index (χ3n) is 6.40. The summed E-state index contributed by atoms with van der Waals surface area (Å²) in [5.74, 6) is -1.35. The molecule has 1 saturated carbocycles. The number of fused-ring (bicyclic) bond motifs is 1. The zero-order valence-corrected chi connectivity index (χ0v) is 15.3. The molecule has 1 aliphatic heterocycles. The number of carbonyl (C=O) groups excluding carboxylic acids is 2. The van der Waals surface area contributed by atoms with Crippen molar-refractivity contribution in [1.82, 2.24) is 0 Å². The van der Waals surface area contributed by atoms with Crippen LogP contribution in [0.5, 0.6) is 0 Å². The first-order chi connectivity index (χ1) is 13.5. The Labute approximate surface area is 162 Å². The molecule has 1 heterocycles. The van der Waals surface area contributed by atoms with Crippen molar-refractivity contribution in [1.29, 1.82) is 0 Å². The molecule has 0 bridgehead atoms. The largest absolute Gasteiger partial charge is 0.274 e. The van der Waals surface area contributed by atoms with Crippen LogP contribution in [0.25, 0.3) is 0 Å². The van der Waals surface area contributed by atoms with Crippen LogP contribution in [-0.4, -0.2) is 11.8 Å². The van der Waals surface area contributed by atoms with Crippen LogP contribution in [0.2, 0.25) is 0 Å². The lowest BCUT2D eigenvalue weighted by molar-refractivity contribution is -0.125. The van der Waals surface area contributed by atoms with Crippen LogP contribution in [0.15, 0.2) is 84.9 Å². The van der Waals surface area contributed by atoms with Gasteiger partial charge in [0.15, 0.2) is 0 Å². The van der Waals surface area contributed by atoms with Crippen molar-refractivity contribution >= 4 is 17.5 Å². The molecule has 0 spiro atoms. The Balaban J connectivity index is 1.67. The van der Waals surface area contributed by atoms with E-state index in [4.69, 9.17) is 0 Å². The molecule has 1 aliphatic carbocycles. The van der Waals surface area contributed by atoms with Gasteiger partial charge in [0.25, 0.3) is 0 Å². The van der Waals surface area contributed by atoms with Crippen molar-refractivity contribution in [3.63, 3.8) is 0 Å². The summed E-state index contributed by atoms with van der Waals surface area (Å²) in [6.45, 7) is 1.88. The van der Waals surface area contributed by atoms with Gasteiger partial charge in [0.05, 0.1) is 17.0 Å². The van der Waals surface area contributed by atoms with Crippen LogP contribution in [0, 0.1) is 17.2 Å². The van der Waals surface area contributed by atoms with Crippen molar-refractivity contribution in [3.8, 4) is 0 Å². The van der Waals surface area contributed by atoms with Gasteiger partial charge in [-0.25, -0.2) is 9.29 Å². The number of halogens is 1. The maximum absolute atomic E-state index is 13.5. The topological polar surface area (TPSA) is 37.4 Å². The zero-order chi connectivity index (χ0) is 19.5. The normalized spacial score (nSPS) is 24.9. The quantitative estimate of drug-likeness (QED) is 0.643. The molecule has 0 aromatic heterocycles. The number of hydrogen-bond donors (Lipinski definition) is 0. The Morgan fingerprint density at radius 2 is 1.29 bits per heavy atom. The molecule has 138 valence electrons. The van der Waals surface area contributed by atoms with E-state index in [9.17, 15) is 14.0 Å². The van der Waals surface area contributed by atoms with Crippen LogP contribution >= 0.6 is 0 Å². The summed E-state index contributed by atoms with van der Waals surface area (Å²) in [7, 11) is 0. The summed E-state index contributed by atoms with van der Waals surface area (Å²) in [4.78, 5) is 28.2.